The fourth-order valence-electron chi connectivity index (χ4n) is 2.67. The minimum absolute atomic E-state index is 0.0000633. The predicted molar refractivity (Wildman–Crippen MR) is 88.5 cm³/mol. The van der Waals surface area contributed by atoms with Crippen molar-refractivity contribution < 1.29 is 18.7 Å². The average molecular weight is 329 g/mol. The topological polar surface area (TPSA) is 47.6 Å². The number of halogens is 1. The molecule has 0 aromatic heterocycles. The molecule has 0 radical (unpaired) electrons. The van der Waals surface area contributed by atoms with Gasteiger partial charge in [0, 0.05) is 12.5 Å². The molecule has 0 saturated heterocycles. The smallest absolute Gasteiger partial charge is 0.231 e. The maximum Gasteiger partial charge on any atom is 0.231 e. The van der Waals surface area contributed by atoms with Crippen LogP contribution in [0.2, 0.25) is 0 Å². The minimum Gasteiger partial charge on any atom is -0.454 e. The van der Waals surface area contributed by atoms with E-state index in [0.29, 0.717) is 13.0 Å². The summed E-state index contributed by atoms with van der Waals surface area (Å²) in [4.78, 5) is 12.2. The molecular formula is C19H20FNO3. The van der Waals surface area contributed by atoms with Crippen molar-refractivity contribution in [3.63, 3.8) is 0 Å². The number of rotatable bonds is 6. The molecule has 126 valence electrons. The maximum atomic E-state index is 12.9. The van der Waals surface area contributed by atoms with E-state index in [4.69, 9.17) is 9.47 Å². The lowest BCUT2D eigenvalue weighted by Crippen LogP contribution is -2.31. The van der Waals surface area contributed by atoms with Crippen molar-refractivity contribution in [3.05, 3.63) is 59.4 Å². The Morgan fingerprint density at radius 2 is 1.83 bits per heavy atom. The molecule has 4 nitrogen and oxygen atoms in total. The van der Waals surface area contributed by atoms with Gasteiger partial charge in [-0.15, -0.1) is 0 Å². The highest BCUT2D eigenvalue weighted by Crippen LogP contribution is 2.32. The quantitative estimate of drug-likeness (QED) is 0.886. The summed E-state index contributed by atoms with van der Waals surface area (Å²) < 4.78 is 23.5. The van der Waals surface area contributed by atoms with E-state index in [2.05, 4.69) is 5.32 Å². The first kappa shape index (κ1) is 16.3. The number of amides is 1. The van der Waals surface area contributed by atoms with Gasteiger partial charge < -0.3 is 14.8 Å². The summed E-state index contributed by atoms with van der Waals surface area (Å²) in [5.74, 6) is 1.09. The lowest BCUT2D eigenvalue weighted by Gasteiger charge is -2.12. The lowest BCUT2D eigenvalue weighted by molar-refractivity contribution is -0.124. The number of fused-ring (bicyclic) bond motifs is 1. The van der Waals surface area contributed by atoms with Crippen LogP contribution < -0.4 is 14.8 Å². The van der Waals surface area contributed by atoms with Crippen molar-refractivity contribution >= 4 is 5.91 Å². The van der Waals surface area contributed by atoms with Crippen molar-refractivity contribution in [1.82, 2.24) is 5.32 Å². The van der Waals surface area contributed by atoms with E-state index in [9.17, 15) is 9.18 Å². The summed E-state index contributed by atoms with van der Waals surface area (Å²) in [6.07, 6.45) is 1.32. The highest BCUT2D eigenvalue weighted by Gasteiger charge is 2.15. The second-order valence-electron chi connectivity index (χ2n) is 5.96. The number of hydrogen-bond donors (Lipinski definition) is 1. The summed E-state index contributed by atoms with van der Waals surface area (Å²) >= 11 is 0. The molecule has 2 aromatic rings. The largest absolute Gasteiger partial charge is 0.454 e. The van der Waals surface area contributed by atoms with Gasteiger partial charge in [-0.25, -0.2) is 4.39 Å². The Bertz CT molecular complexity index is 715. The van der Waals surface area contributed by atoms with Crippen LogP contribution in [0, 0.1) is 11.7 Å². The fourth-order valence-corrected chi connectivity index (χ4v) is 2.67. The van der Waals surface area contributed by atoms with Crippen LogP contribution in [-0.2, 0) is 17.6 Å². The van der Waals surface area contributed by atoms with Crippen LogP contribution in [0.3, 0.4) is 0 Å². The predicted octanol–water partition coefficient (Wildman–Crippen LogP) is 3.09. The van der Waals surface area contributed by atoms with Gasteiger partial charge >= 0.3 is 0 Å². The van der Waals surface area contributed by atoms with Crippen LogP contribution in [0.15, 0.2) is 42.5 Å². The van der Waals surface area contributed by atoms with E-state index >= 15 is 0 Å². The van der Waals surface area contributed by atoms with Crippen LogP contribution in [0.25, 0.3) is 0 Å². The Morgan fingerprint density at radius 3 is 2.62 bits per heavy atom. The Hall–Kier alpha value is -2.56. The first-order chi connectivity index (χ1) is 11.6. The normalized spacial score (nSPS) is 13.6. The summed E-state index contributed by atoms with van der Waals surface area (Å²) in [6.45, 7) is 2.70. The Balaban J connectivity index is 1.45. The zero-order chi connectivity index (χ0) is 16.9. The molecule has 1 amide bonds. The van der Waals surface area contributed by atoms with Crippen LogP contribution >= 0.6 is 0 Å². The summed E-state index contributed by atoms with van der Waals surface area (Å²) in [6, 6.07) is 12.1. The summed E-state index contributed by atoms with van der Waals surface area (Å²) in [5, 5.41) is 2.95. The standard InChI is InChI=1S/C19H20FNO3/c1-13(10-14-2-5-16(20)6-3-14)19(22)21-9-8-15-4-7-17-18(11-15)24-12-23-17/h2-7,11,13H,8-10,12H2,1H3,(H,21,22). The zero-order valence-electron chi connectivity index (χ0n) is 13.5. The third-order valence-electron chi connectivity index (χ3n) is 4.05. The van der Waals surface area contributed by atoms with Crippen LogP contribution in [-0.4, -0.2) is 19.2 Å². The summed E-state index contributed by atoms with van der Waals surface area (Å²) in [7, 11) is 0. The van der Waals surface area contributed by atoms with Crippen molar-refractivity contribution in [2.45, 2.75) is 19.8 Å². The zero-order valence-corrected chi connectivity index (χ0v) is 13.5. The third-order valence-corrected chi connectivity index (χ3v) is 4.05. The number of carbonyl (C=O) groups excluding carboxylic acids is 1. The first-order valence-corrected chi connectivity index (χ1v) is 8.02. The molecule has 1 unspecified atom stereocenters. The van der Waals surface area contributed by atoms with E-state index in [0.717, 1.165) is 29.0 Å². The molecule has 24 heavy (non-hydrogen) atoms. The van der Waals surface area contributed by atoms with Gasteiger partial charge in [-0.1, -0.05) is 25.1 Å². The third kappa shape index (κ3) is 4.04. The van der Waals surface area contributed by atoms with Crippen molar-refractivity contribution in [2.75, 3.05) is 13.3 Å². The van der Waals surface area contributed by atoms with Gasteiger partial charge in [0.2, 0.25) is 12.7 Å². The first-order valence-electron chi connectivity index (χ1n) is 8.02. The van der Waals surface area contributed by atoms with E-state index in [1.54, 1.807) is 12.1 Å². The van der Waals surface area contributed by atoms with Gasteiger partial charge in [0.05, 0.1) is 0 Å². The number of hydrogen-bond acceptors (Lipinski definition) is 3. The molecule has 2 aromatic carbocycles. The van der Waals surface area contributed by atoms with Crippen LogP contribution in [0.1, 0.15) is 18.1 Å². The molecule has 5 heteroatoms. The van der Waals surface area contributed by atoms with Crippen molar-refractivity contribution in [3.8, 4) is 11.5 Å². The van der Waals surface area contributed by atoms with Gasteiger partial charge in [0.1, 0.15) is 5.82 Å². The number of carbonyl (C=O) groups is 1. The van der Waals surface area contributed by atoms with E-state index in [1.807, 2.05) is 25.1 Å². The highest BCUT2D eigenvalue weighted by molar-refractivity contribution is 5.78. The number of benzene rings is 2. The molecule has 1 atom stereocenters. The van der Waals surface area contributed by atoms with E-state index in [1.165, 1.54) is 12.1 Å². The van der Waals surface area contributed by atoms with Crippen molar-refractivity contribution in [2.24, 2.45) is 5.92 Å². The molecule has 0 spiro atoms. The highest BCUT2D eigenvalue weighted by atomic mass is 19.1. The molecule has 0 fully saturated rings. The van der Waals surface area contributed by atoms with Crippen molar-refractivity contribution in [1.29, 1.82) is 0 Å². The second kappa shape index (κ2) is 7.34. The molecule has 1 aliphatic heterocycles. The molecule has 3 rings (SSSR count). The molecule has 1 N–H and O–H groups in total. The van der Waals surface area contributed by atoms with Gasteiger partial charge in [-0.2, -0.15) is 0 Å². The Morgan fingerprint density at radius 1 is 1.12 bits per heavy atom. The van der Waals surface area contributed by atoms with Gasteiger partial charge in [-0.3, -0.25) is 4.79 Å². The minimum atomic E-state index is -0.264. The van der Waals surface area contributed by atoms with E-state index < -0.39 is 0 Å². The van der Waals surface area contributed by atoms with E-state index in [-0.39, 0.29) is 24.4 Å². The fraction of sp³-hybridized carbons (Fsp3) is 0.316. The van der Waals surface area contributed by atoms with Gasteiger partial charge in [0.25, 0.3) is 0 Å². The molecule has 1 aliphatic rings. The molecule has 0 saturated carbocycles. The Labute approximate surface area is 140 Å². The second-order valence-corrected chi connectivity index (χ2v) is 5.96. The van der Waals surface area contributed by atoms with Crippen LogP contribution in [0.4, 0.5) is 4.39 Å². The molecular weight excluding hydrogens is 309 g/mol. The molecule has 1 heterocycles. The lowest BCUT2D eigenvalue weighted by atomic mass is 10.0. The molecule has 0 bridgehead atoms. The Kier molecular flexibility index (Phi) is 4.99. The number of ether oxygens (including phenoxy) is 2. The number of nitrogens with one attached hydrogen (secondary N) is 1. The monoisotopic (exact) mass is 329 g/mol. The van der Waals surface area contributed by atoms with Gasteiger partial charge in [0.15, 0.2) is 11.5 Å². The van der Waals surface area contributed by atoms with Crippen LogP contribution in [0.5, 0.6) is 11.5 Å². The average Bonchev–Trinajstić information content (AvgIpc) is 3.04. The van der Waals surface area contributed by atoms with Gasteiger partial charge in [-0.05, 0) is 48.2 Å². The summed E-state index contributed by atoms with van der Waals surface area (Å²) in [5.41, 5.74) is 2.04. The maximum absolute atomic E-state index is 12.9. The SMILES string of the molecule is CC(Cc1ccc(F)cc1)C(=O)NCCc1ccc2c(c1)OCO2. The molecule has 0 aliphatic carbocycles.